The minimum absolute atomic E-state index is 0.191. The average molecular weight is 358 g/mol. The molecule has 0 bridgehead atoms. The lowest BCUT2D eigenvalue weighted by atomic mass is 10.0. The Hall–Kier alpha value is -3.09. The molecule has 26 heavy (non-hydrogen) atoms. The van der Waals surface area contributed by atoms with Crippen LogP contribution >= 0.6 is 0 Å². The number of primary amides is 1. The second-order valence-electron chi connectivity index (χ2n) is 5.92. The molecule has 0 aliphatic rings. The second kappa shape index (κ2) is 7.86. The number of nitrogens with one attached hydrogen (secondary N) is 1. The van der Waals surface area contributed by atoms with E-state index in [0.29, 0.717) is 11.4 Å². The molecule has 1 heterocycles. The fourth-order valence-electron chi connectivity index (χ4n) is 2.76. The number of aromatic nitrogens is 1. The van der Waals surface area contributed by atoms with Crippen molar-refractivity contribution in [1.82, 2.24) is 4.98 Å². The van der Waals surface area contributed by atoms with Gasteiger partial charge in [-0.1, -0.05) is 6.07 Å². The third-order valence-corrected chi connectivity index (χ3v) is 3.89. The SMILES string of the molecule is CCOC(=O)c1c(C)[nH]c(C)c1C(=O)COc1cc(C)ccc1C(N)=O. The Kier molecular flexibility index (Phi) is 5.82. The molecule has 7 heteroatoms. The lowest BCUT2D eigenvalue weighted by molar-refractivity contribution is 0.0522. The molecule has 0 aliphatic carbocycles. The first-order valence-corrected chi connectivity index (χ1v) is 8.19. The number of nitrogens with two attached hydrogens (primary N) is 1. The standard InChI is InChI=1S/C19H22N2O5/c1-5-25-19(24)17-12(4)21-11(3)16(17)14(22)9-26-15-8-10(2)6-7-13(15)18(20)23/h6-8,21H,5,9H2,1-4H3,(H2,20,23). The number of Topliss-reactive ketones (excluding diaryl/α,β-unsaturated/α-hetero) is 1. The normalized spacial score (nSPS) is 10.5. The van der Waals surface area contributed by atoms with Gasteiger partial charge in [0.05, 0.1) is 23.3 Å². The quantitative estimate of drug-likeness (QED) is 0.583. The minimum atomic E-state index is -0.645. The monoisotopic (exact) mass is 358 g/mol. The Balaban J connectivity index is 2.28. The van der Waals surface area contributed by atoms with Gasteiger partial charge in [-0.05, 0) is 45.4 Å². The molecule has 1 aromatic heterocycles. The molecule has 0 unspecified atom stereocenters. The highest BCUT2D eigenvalue weighted by molar-refractivity contribution is 6.08. The Bertz CT molecular complexity index is 867. The maximum absolute atomic E-state index is 12.7. The summed E-state index contributed by atoms with van der Waals surface area (Å²) in [7, 11) is 0. The highest BCUT2D eigenvalue weighted by Gasteiger charge is 2.26. The van der Waals surface area contributed by atoms with Gasteiger partial charge in [-0.2, -0.15) is 0 Å². The summed E-state index contributed by atoms with van der Waals surface area (Å²) >= 11 is 0. The van der Waals surface area contributed by atoms with Gasteiger partial charge >= 0.3 is 5.97 Å². The summed E-state index contributed by atoms with van der Waals surface area (Å²) < 4.78 is 10.6. The zero-order chi connectivity index (χ0) is 19.4. The lowest BCUT2D eigenvalue weighted by Crippen LogP contribution is -2.19. The van der Waals surface area contributed by atoms with E-state index in [2.05, 4.69) is 4.98 Å². The highest BCUT2D eigenvalue weighted by Crippen LogP contribution is 2.23. The van der Waals surface area contributed by atoms with Crippen LogP contribution in [0.25, 0.3) is 0 Å². The first kappa shape index (κ1) is 19.2. The first-order valence-electron chi connectivity index (χ1n) is 8.19. The summed E-state index contributed by atoms with van der Waals surface area (Å²) in [5.74, 6) is -1.38. The summed E-state index contributed by atoms with van der Waals surface area (Å²) in [6.07, 6.45) is 0. The van der Waals surface area contributed by atoms with E-state index in [1.165, 1.54) is 0 Å². The van der Waals surface area contributed by atoms with Gasteiger partial charge in [0.1, 0.15) is 5.75 Å². The van der Waals surface area contributed by atoms with Crippen molar-refractivity contribution in [2.24, 2.45) is 5.73 Å². The van der Waals surface area contributed by atoms with E-state index >= 15 is 0 Å². The number of amides is 1. The van der Waals surface area contributed by atoms with E-state index in [1.54, 1.807) is 39.0 Å². The molecular weight excluding hydrogens is 336 g/mol. The van der Waals surface area contributed by atoms with Crippen LogP contribution in [0, 0.1) is 20.8 Å². The number of aryl methyl sites for hydroxylation is 3. The van der Waals surface area contributed by atoms with E-state index in [-0.39, 0.29) is 35.7 Å². The van der Waals surface area contributed by atoms with Gasteiger partial charge in [-0.15, -0.1) is 0 Å². The fraction of sp³-hybridized carbons (Fsp3) is 0.316. The van der Waals surface area contributed by atoms with Crippen LogP contribution in [0.5, 0.6) is 5.75 Å². The molecule has 2 rings (SSSR count). The smallest absolute Gasteiger partial charge is 0.340 e. The van der Waals surface area contributed by atoms with Crippen LogP contribution in [-0.2, 0) is 4.74 Å². The molecule has 0 saturated heterocycles. The second-order valence-corrected chi connectivity index (χ2v) is 5.92. The number of aromatic amines is 1. The molecule has 1 aromatic carbocycles. The van der Waals surface area contributed by atoms with Gasteiger partial charge in [0, 0.05) is 11.4 Å². The van der Waals surface area contributed by atoms with E-state index in [1.807, 2.05) is 6.92 Å². The van der Waals surface area contributed by atoms with E-state index in [0.717, 1.165) is 5.56 Å². The predicted molar refractivity (Wildman–Crippen MR) is 95.7 cm³/mol. The van der Waals surface area contributed by atoms with Crippen LogP contribution in [0.2, 0.25) is 0 Å². The molecule has 138 valence electrons. The molecule has 2 aromatic rings. The predicted octanol–water partition coefficient (Wildman–Crippen LogP) is 2.48. The van der Waals surface area contributed by atoms with Crippen LogP contribution < -0.4 is 10.5 Å². The largest absolute Gasteiger partial charge is 0.485 e. The number of carbonyl (C=O) groups excluding carboxylic acids is 3. The van der Waals surface area contributed by atoms with E-state index in [4.69, 9.17) is 15.2 Å². The summed E-state index contributed by atoms with van der Waals surface area (Å²) in [6.45, 7) is 6.79. The molecule has 3 N–H and O–H groups in total. The van der Waals surface area contributed by atoms with Crippen molar-refractivity contribution in [3.05, 3.63) is 51.8 Å². The fourth-order valence-corrected chi connectivity index (χ4v) is 2.76. The molecule has 0 atom stereocenters. The number of rotatable bonds is 7. The van der Waals surface area contributed by atoms with Crippen LogP contribution in [0.1, 0.15) is 54.9 Å². The maximum atomic E-state index is 12.7. The van der Waals surface area contributed by atoms with Crippen molar-refractivity contribution >= 4 is 17.7 Å². The number of benzene rings is 1. The van der Waals surface area contributed by atoms with Crippen LogP contribution in [0.4, 0.5) is 0 Å². The van der Waals surface area contributed by atoms with Gasteiger partial charge in [0.2, 0.25) is 5.78 Å². The van der Waals surface area contributed by atoms with Crippen molar-refractivity contribution in [1.29, 1.82) is 0 Å². The van der Waals surface area contributed by atoms with E-state index in [9.17, 15) is 14.4 Å². The topological polar surface area (TPSA) is 111 Å². The first-order chi connectivity index (χ1) is 12.3. The Labute approximate surface area is 151 Å². The zero-order valence-corrected chi connectivity index (χ0v) is 15.3. The number of ketones is 1. The molecule has 0 aliphatic heterocycles. The van der Waals surface area contributed by atoms with Crippen molar-refractivity contribution in [2.75, 3.05) is 13.2 Å². The molecule has 7 nitrogen and oxygen atoms in total. The minimum Gasteiger partial charge on any atom is -0.485 e. The Morgan fingerprint density at radius 3 is 2.35 bits per heavy atom. The summed E-state index contributed by atoms with van der Waals surface area (Å²) in [5, 5.41) is 0. The molecule has 0 fully saturated rings. The number of ether oxygens (including phenoxy) is 2. The number of hydrogen-bond donors (Lipinski definition) is 2. The van der Waals surface area contributed by atoms with Crippen LogP contribution in [-0.4, -0.2) is 35.9 Å². The van der Waals surface area contributed by atoms with Crippen molar-refractivity contribution in [3.8, 4) is 5.75 Å². The number of carbonyl (C=O) groups is 3. The zero-order valence-electron chi connectivity index (χ0n) is 15.3. The summed E-state index contributed by atoms with van der Waals surface area (Å²) in [4.78, 5) is 39.3. The van der Waals surface area contributed by atoms with Gasteiger partial charge in [-0.25, -0.2) is 4.79 Å². The summed E-state index contributed by atoms with van der Waals surface area (Å²) in [6, 6.07) is 4.91. The third kappa shape index (κ3) is 3.93. The average Bonchev–Trinajstić information content (AvgIpc) is 2.86. The van der Waals surface area contributed by atoms with Crippen LogP contribution in [0.3, 0.4) is 0 Å². The molecule has 0 saturated carbocycles. The van der Waals surface area contributed by atoms with Crippen molar-refractivity contribution in [3.63, 3.8) is 0 Å². The Morgan fingerprint density at radius 1 is 1.08 bits per heavy atom. The van der Waals surface area contributed by atoms with Gasteiger partial charge in [0.25, 0.3) is 5.91 Å². The third-order valence-electron chi connectivity index (χ3n) is 3.89. The highest BCUT2D eigenvalue weighted by atomic mass is 16.5. The molecule has 1 amide bonds. The van der Waals surface area contributed by atoms with Crippen molar-refractivity contribution in [2.45, 2.75) is 27.7 Å². The van der Waals surface area contributed by atoms with Gasteiger partial charge < -0.3 is 20.2 Å². The maximum Gasteiger partial charge on any atom is 0.340 e. The number of esters is 1. The van der Waals surface area contributed by atoms with Crippen molar-refractivity contribution < 1.29 is 23.9 Å². The van der Waals surface area contributed by atoms with Gasteiger partial charge in [0.15, 0.2) is 6.61 Å². The lowest BCUT2D eigenvalue weighted by Gasteiger charge is -2.11. The molecular formula is C19H22N2O5. The molecule has 0 radical (unpaired) electrons. The number of hydrogen-bond acceptors (Lipinski definition) is 5. The van der Waals surface area contributed by atoms with Gasteiger partial charge in [-0.3, -0.25) is 9.59 Å². The summed E-state index contributed by atoms with van der Waals surface area (Å²) in [5.41, 5.74) is 7.93. The number of H-pyrrole nitrogens is 1. The molecule has 0 spiro atoms. The Morgan fingerprint density at radius 2 is 1.73 bits per heavy atom. The van der Waals surface area contributed by atoms with Crippen LogP contribution in [0.15, 0.2) is 18.2 Å². The van der Waals surface area contributed by atoms with E-state index < -0.39 is 17.7 Å².